The molecule has 0 amide bonds. The Kier molecular flexibility index (Phi) is 26.9. The zero-order valence-electron chi connectivity index (χ0n) is 26.3. The molecule has 39 heavy (non-hydrogen) atoms. The van der Waals surface area contributed by atoms with E-state index in [1.54, 1.807) is 0 Å². The molecule has 0 aliphatic carbocycles. The minimum atomic E-state index is -4.39. The van der Waals surface area contributed by atoms with Gasteiger partial charge in [0.2, 0.25) is 0 Å². The number of aliphatic hydroxyl groups is 1. The molecule has 8 heteroatoms. The fourth-order valence-corrected chi connectivity index (χ4v) is 5.28. The average molecular weight is 580 g/mol. The normalized spacial score (nSPS) is 14.5. The Balaban J connectivity index is 3.30. The number of unbranched alkanes of at least 4 members (excludes halogenated alkanes) is 20. The summed E-state index contributed by atoms with van der Waals surface area (Å²) in [4.78, 5) is 11.7. The summed E-state index contributed by atoms with van der Waals surface area (Å²) in [6, 6.07) is 0. The molecular weight excluding hydrogens is 513 g/mol. The molecule has 0 aromatic heterocycles. The molecule has 0 aliphatic heterocycles. The molecule has 0 bridgehead atoms. The van der Waals surface area contributed by atoms with Crippen molar-refractivity contribution in [2.75, 3.05) is 54.1 Å². The van der Waals surface area contributed by atoms with E-state index >= 15 is 0 Å². The van der Waals surface area contributed by atoms with Gasteiger partial charge in [0, 0.05) is 6.61 Å². The number of rotatable bonds is 31. The second-order valence-corrected chi connectivity index (χ2v) is 13.8. The van der Waals surface area contributed by atoms with Gasteiger partial charge >= 0.3 is 0 Å². The zero-order valence-corrected chi connectivity index (χ0v) is 27.2. The zero-order chi connectivity index (χ0) is 29.1. The van der Waals surface area contributed by atoms with Crippen LogP contribution < -0.4 is 4.89 Å². The molecule has 0 aromatic rings. The molecule has 0 rings (SSSR count). The lowest BCUT2D eigenvalue weighted by Crippen LogP contribution is -2.37. The van der Waals surface area contributed by atoms with E-state index in [4.69, 9.17) is 13.8 Å². The topological polar surface area (TPSA) is 88.0 Å². The van der Waals surface area contributed by atoms with Crippen molar-refractivity contribution in [3.8, 4) is 0 Å². The number of ether oxygens (including phenoxy) is 1. The van der Waals surface area contributed by atoms with E-state index in [1.807, 2.05) is 21.1 Å². The average Bonchev–Trinajstić information content (AvgIpc) is 2.87. The van der Waals surface area contributed by atoms with Crippen molar-refractivity contribution >= 4 is 7.82 Å². The summed E-state index contributed by atoms with van der Waals surface area (Å²) < 4.78 is 27.3. The Morgan fingerprint density at radius 3 is 1.38 bits per heavy atom. The summed E-state index contributed by atoms with van der Waals surface area (Å²) in [7, 11) is 1.45. The maximum absolute atomic E-state index is 11.7. The van der Waals surface area contributed by atoms with Gasteiger partial charge in [-0.1, -0.05) is 135 Å². The van der Waals surface area contributed by atoms with Crippen LogP contribution in [0.3, 0.4) is 0 Å². The molecule has 0 saturated carbocycles. The molecule has 0 spiro atoms. The van der Waals surface area contributed by atoms with E-state index in [0.717, 1.165) is 12.8 Å². The minimum Gasteiger partial charge on any atom is -0.756 e. The maximum atomic E-state index is 11.7. The number of nitrogens with zero attached hydrogens (tertiary/aromatic N) is 1. The smallest absolute Gasteiger partial charge is 0.268 e. The van der Waals surface area contributed by atoms with Crippen LogP contribution in [0.5, 0.6) is 0 Å². The van der Waals surface area contributed by atoms with E-state index in [0.29, 0.717) is 17.6 Å². The Morgan fingerprint density at radius 1 is 0.615 bits per heavy atom. The van der Waals surface area contributed by atoms with Gasteiger partial charge in [-0.05, 0) is 6.42 Å². The van der Waals surface area contributed by atoms with Gasteiger partial charge in [0.15, 0.2) is 0 Å². The van der Waals surface area contributed by atoms with Gasteiger partial charge in [-0.3, -0.25) is 4.57 Å². The maximum Gasteiger partial charge on any atom is 0.268 e. The molecule has 2 unspecified atom stereocenters. The Hall–Kier alpha value is -0.0100. The molecule has 236 valence electrons. The van der Waals surface area contributed by atoms with E-state index in [2.05, 4.69) is 6.92 Å². The monoisotopic (exact) mass is 579 g/mol. The van der Waals surface area contributed by atoms with Crippen LogP contribution in [-0.2, 0) is 18.3 Å². The standard InChI is InChI=1S/C31H66NO6P/c1-5-6-7-8-9-10-11-12-13-14-15-16-17-18-19-20-21-22-23-24-25-27-36-29-31(33)30-38-39(34,35)37-28-26-32(2,3)4/h31,33H,5-30H2,1-4H3. The van der Waals surface area contributed by atoms with Crippen molar-refractivity contribution in [1.82, 2.24) is 0 Å². The molecule has 0 fully saturated rings. The molecule has 0 radical (unpaired) electrons. The highest BCUT2D eigenvalue weighted by atomic mass is 31.2. The van der Waals surface area contributed by atoms with Gasteiger partial charge < -0.3 is 28.3 Å². The fourth-order valence-electron chi connectivity index (χ4n) is 4.54. The van der Waals surface area contributed by atoms with E-state index in [9.17, 15) is 14.6 Å². The van der Waals surface area contributed by atoms with Crippen LogP contribution in [0.1, 0.15) is 142 Å². The number of likely N-dealkylation sites (N-methyl/N-ethyl adjacent to an activating group) is 1. The van der Waals surface area contributed by atoms with Crippen LogP contribution in [0.2, 0.25) is 0 Å². The minimum absolute atomic E-state index is 0.0519. The highest BCUT2D eigenvalue weighted by Crippen LogP contribution is 2.38. The van der Waals surface area contributed by atoms with E-state index in [-0.39, 0.29) is 19.8 Å². The Morgan fingerprint density at radius 2 is 1.00 bits per heavy atom. The van der Waals surface area contributed by atoms with Crippen LogP contribution in [0.15, 0.2) is 0 Å². The SMILES string of the molecule is CCCCCCCCCCCCCCCCCCCCCCCOCC(O)COP(=O)([O-])OCC[N+](C)(C)C. The highest BCUT2D eigenvalue weighted by Gasteiger charge is 2.15. The summed E-state index contributed by atoms with van der Waals surface area (Å²) >= 11 is 0. The fraction of sp³-hybridized carbons (Fsp3) is 1.00. The lowest BCUT2D eigenvalue weighted by atomic mass is 10.0. The Bertz CT molecular complexity index is 558. The summed E-state index contributed by atoms with van der Waals surface area (Å²) in [6.45, 7) is 3.18. The number of phosphoric ester groups is 1. The summed E-state index contributed by atoms with van der Waals surface area (Å²) in [5.74, 6) is 0. The second kappa shape index (κ2) is 26.9. The predicted molar refractivity (Wildman–Crippen MR) is 162 cm³/mol. The predicted octanol–water partition coefficient (Wildman–Crippen LogP) is 7.78. The van der Waals surface area contributed by atoms with Crippen LogP contribution in [-0.4, -0.2) is 69.8 Å². The van der Waals surface area contributed by atoms with Crippen LogP contribution >= 0.6 is 7.82 Å². The molecule has 0 aromatic carbocycles. The van der Waals surface area contributed by atoms with Crippen molar-refractivity contribution < 1.29 is 32.8 Å². The van der Waals surface area contributed by atoms with Gasteiger partial charge in [0.25, 0.3) is 7.82 Å². The summed E-state index contributed by atoms with van der Waals surface area (Å²) in [5, 5.41) is 9.87. The van der Waals surface area contributed by atoms with Gasteiger partial charge in [0.05, 0.1) is 34.4 Å². The third-order valence-corrected chi connectivity index (χ3v) is 8.10. The number of quaternary nitrogens is 1. The number of aliphatic hydroxyl groups excluding tert-OH is 1. The number of hydrogen-bond donors (Lipinski definition) is 1. The number of phosphoric acid groups is 1. The van der Waals surface area contributed by atoms with E-state index in [1.165, 1.54) is 122 Å². The highest BCUT2D eigenvalue weighted by molar-refractivity contribution is 7.45. The van der Waals surface area contributed by atoms with Gasteiger partial charge in [-0.25, -0.2) is 0 Å². The molecular formula is C31H66NO6P. The van der Waals surface area contributed by atoms with Crippen molar-refractivity contribution in [3.63, 3.8) is 0 Å². The lowest BCUT2D eigenvalue weighted by Gasteiger charge is -2.27. The molecule has 7 nitrogen and oxygen atoms in total. The second-order valence-electron chi connectivity index (χ2n) is 12.4. The molecule has 2 atom stereocenters. The molecule has 0 heterocycles. The largest absolute Gasteiger partial charge is 0.756 e. The lowest BCUT2D eigenvalue weighted by molar-refractivity contribution is -0.870. The van der Waals surface area contributed by atoms with Crippen molar-refractivity contribution in [2.24, 2.45) is 0 Å². The summed E-state index contributed by atoms with van der Waals surface area (Å²) in [6.07, 6.45) is 27.6. The van der Waals surface area contributed by atoms with Crippen molar-refractivity contribution in [3.05, 3.63) is 0 Å². The van der Waals surface area contributed by atoms with E-state index < -0.39 is 13.9 Å². The van der Waals surface area contributed by atoms with Gasteiger partial charge in [-0.2, -0.15) is 0 Å². The first-order valence-electron chi connectivity index (χ1n) is 16.3. The molecule has 0 saturated heterocycles. The van der Waals surface area contributed by atoms with Gasteiger partial charge in [-0.15, -0.1) is 0 Å². The van der Waals surface area contributed by atoms with Crippen LogP contribution in [0.4, 0.5) is 0 Å². The molecule has 1 N–H and O–H groups in total. The quantitative estimate of drug-likeness (QED) is 0.0512. The third-order valence-electron chi connectivity index (χ3n) is 7.14. The summed E-state index contributed by atoms with van der Waals surface area (Å²) in [5.41, 5.74) is 0. The third kappa shape index (κ3) is 32.4. The Labute approximate surface area is 242 Å². The number of hydrogen-bond acceptors (Lipinski definition) is 6. The molecule has 0 aliphatic rings. The van der Waals surface area contributed by atoms with Gasteiger partial charge in [0.1, 0.15) is 19.3 Å². The van der Waals surface area contributed by atoms with Crippen molar-refractivity contribution in [1.29, 1.82) is 0 Å². The van der Waals surface area contributed by atoms with Crippen LogP contribution in [0.25, 0.3) is 0 Å². The first kappa shape index (κ1) is 39.0. The van der Waals surface area contributed by atoms with Crippen LogP contribution in [0, 0.1) is 0 Å². The first-order chi connectivity index (χ1) is 18.7. The van der Waals surface area contributed by atoms with Crippen molar-refractivity contribution in [2.45, 2.75) is 148 Å². The first-order valence-corrected chi connectivity index (χ1v) is 17.8.